The number of anilines is 1. The van der Waals surface area contributed by atoms with Gasteiger partial charge in [0.1, 0.15) is 11.3 Å². The average molecular weight is 258 g/mol. The molecule has 0 saturated carbocycles. The van der Waals surface area contributed by atoms with Crippen LogP contribution >= 0.6 is 0 Å². The lowest BCUT2D eigenvalue weighted by atomic mass is 10.4. The molecule has 0 bridgehead atoms. The number of aromatic carboxylic acids is 1. The highest BCUT2D eigenvalue weighted by atomic mass is 16.4. The first kappa shape index (κ1) is 11.3. The highest BCUT2D eigenvalue weighted by Crippen LogP contribution is 2.15. The number of hydrogen-bond donors (Lipinski definition) is 2. The van der Waals surface area contributed by atoms with Gasteiger partial charge in [0.05, 0.1) is 12.7 Å². The van der Waals surface area contributed by atoms with Crippen molar-refractivity contribution in [1.82, 2.24) is 14.6 Å². The van der Waals surface area contributed by atoms with Gasteiger partial charge in [-0.05, 0) is 18.2 Å². The van der Waals surface area contributed by atoms with Crippen molar-refractivity contribution in [1.29, 1.82) is 0 Å². The van der Waals surface area contributed by atoms with Crippen LogP contribution in [-0.2, 0) is 6.54 Å². The maximum Gasteiger partial charge on any atom is 0.371 e. The first-order chi connectivity index (χ1) is 9.24. The topological polar surface area (TPSA) is 92.7 Å². The molecule has 3 aromatic heterocycles. The smallest absolute Gasteiger partial charge is 0.371 e. The van der Waals surface area contributed by atoms with Crippen molar-refractivity contribution in [2.45, 2.75) is 6.54 Å². The van der Waals surface area contributed by atoms with Gasteiger partial charge in [-0.25, -0.2) is 14.3 Å². The summed E-state index contributed by atoms with van der Waals surface area (Å²) < 4.78 is 6.84. The quantitative estimate of drug-likeness (QED) is 0.738. The summed E-state index contributed by atoms with van der Waals surface area (Å²) in [6, 6.07) is 4.87. The lowest BCUT2D eigenvalue weighted by molar-refractivity contribution is 0.0660. The van der Waals surface area contributed by atoms with Gasteiger partial charge in [0, 0.05) is 12.4 Å². The van der Waals surface area contributed by atoms with Gasteiger partial charge in [-0.1, -0.05) is 0 Å². The molecule has 3 heterocycles. The van der Waals surface area contributed by atoms with E-state index in [9.17, 15) is 4.79 Å². The van der Waals surface area contributed by atoms with Crippen LogP contribution in [0.5, 0.6) is 0 Å². The van der Waals surface area contributed by atoms with E-state index in [0.29, 0.717) is 18.1 Å². The van der Waals surface area contributed by atoms with E-state index in [4.69, 9.17) is 9.52 Å². The SMILES string of the molecule is O=C(O)c1ccc(CNc2nccn3nccc23)o1. The summed E-state index contributed by atoms with van der Waals surface area (Å²) in [4.78, 5) is 14.9. The standard InChI is InChI=1S/C12H10N4O3/c17-12(18)10-2-1-8(19-10)7-14-11-9-3-4-15-16(9)6-5-13-11/h1-6H,7H2,(H,13,14)(H,17,18). The third-order valence-electron chi connectivity index (χ3n) is 2.63. The summed E-state index contributed by atoms with van der Waals surface area (Å²) in [6.45, 7) is 0.352. The predicted molar refractivity (Wildman–Crippen MR) is 66.0 cm³/mol. The van der Waals surface area contributed by atoms with Crippen LogP contribution in [0.25, 0.3) is 5.52 Å². The van der Waals surface area contributed by atoms with Crippen LogP contribution in [0.1, 0.15) is 16.3 Å². The number of nitrogens with zero attached hydrogens (tertiary/aromatic N) is 3. The van der Waals surface area contributed by atoms with Gasteiger partial charge in [-0.15, -0.1) is 0 Å². The molecular formula is C12H10N4O3. The second kappa shape index (κ2) is 4.45. The number of rotatable bonds is 4. The first-order valence-corrected chi connectivity index (χ1v) is 5.58. The van der Waals surface area contributed by atoms with Crippen molar-refractivity contribution < 1.29 is 14.3 Å². The van der Waals surface area contributed by atoms with Crippen LogP contribution in [0.4, 0.5) is 5.82 Å². The lowest BCUT2D eigenvalue weighted by Gasteiger charge is -2.04. The summed E-state index contributed by atoms with van der Waals surface area (Å²) in [5.74, 6) is 0.0311. The minimum Gasteiger partial charge on any atom is -0.475 e. The van der Waals surface area contributed by atoms with Crippen molar-refractivity contribution in [3.8, 4) is 0 Å². The fourth-order valence-electron chi connectivity index (χ4n) is 1.75. The number of hydrogen-bond acceptors (Lipinski definition) is 5. The summed E-state index contributed by atoms with van der Waals surface area (Å²) >= 11 is 0. The normalized spacial score (nSPS) is 10.7. The van der Waals surface area contributed by atoms with Crippen molar-refractivity contribution in [2.75, 3.05) is 5.32 Å². The molecule has 0 radical (unpaired) electrons. The molecule has 0 fully saturated rings. The Morgan fingerprint density at radius 3 is 3.05 bits per heavy atom. The number of aromatic nitrogens is 3. The van der Waals surface area contributed by atoms with E-state index in [1.165, 1.54) is 6.07 Å². The molecule has 7 nitrogen and oxygen atoms in total. The van der Waals surface area contributed by atoms with Crippen molar-refractivity contribution >= 4 is 17.3 Å². The van der Waals surface area contributed by atoms with Crippen molar-refractivity contribution in [3.63, 3.8) is 0 Å². The number of carboxylic acids is 1. The molecule has 0 amide bonds. The molecule has 0 aromatic carbocycles. The maximum atomic E-state index is 10.7. The van der Waals surface area contributed by atoms with Crippen LogP contribution < -0.4 is 5.32 Å². The molecule has 96 valence electrons. The molecule has 2 N–H and O–H groups in total. The summed E-state index contributed by atoms with van der Waals surface area (Å²) in [6.07, 6.45) is 5.06. The zero-order chi connectivity index (χ0) is 13.2. The van der Waals surface area contributed by atoms with Crippen LogP contribution in [0.2, 0.25) is 0 Å². The monoisotopic (exact) mass is 258 g/mol. The molecule has 0 spiro atoms. The van der Waals surface area contributed by atoms with E-state index in [1.54, 1.807) is 29.2 Å². The lowest BCUT2D eigenvalue weighted by Crippen LogP contribution is -2.02. The van der Waals surface area contributed by atoms with Gasteiger partial charge in [0.25, 0.3) is 0 Å². The van der Waals surface area contributed by atoms with Gasteiger partial charge in [0.2, 0.25) is 5.76 Å². The second-order valence-corrected chi connectivity index (χ2v) is 3.86. The Labute approximate surface area is 107 Å². The van der Waals surface area contributed by atoms with Crippen molar-refractivity contribution in [3.05, 3.63) is 48.3 Å². The van der Waals surface area contributed by atoms with Gasteiger partial charge in [-0.2, -0.15) is 5.10 Å². The van der Waals surface area contributed by atoms with Gasteiger partial charge in [-0.3, -0.25) is 0 Å². The van der Waals surface area contributed by atoms with Crippen LogP contribution in [-0.4, -0.2) is 25.7 Å². The van der Waals surface area contributed by atoms with Crippen LogP contribution in [0.3, 0.4) is 0 Å². The Hall–Kier alpha value is -2.83. The molecular weight excluding hydrogens is 248 g/mol. The van der Waals surface area contributed by atoms with E-state index in [-0.39, 0.29) is 5.76 Å². The first-order valence-electron chi connectivity index (χ1n) is 5.58. The zero-order valence-corrected chi connectivity index (χ0v) is 9.78. The highest BCUT2D eigenvalue weighted by Gasteiger charge is 2.09. The Bertz CT molecular complexity index is 731. The third kappa shape index (κ3) is 2.13. The fraction of sp³-hybridized carbons (Fsp3) is 0.0833. The predicted octanol–water partition coefficient (Wildman–Crippen LogP) is 1.63. The molecule has 0 aliphatic heterocycles. The van der Waals surface area contributed by atoms with Crippen LogP contribution in [0.15, 0.2) is 41.2 Å². The maximum absolute atomic E-state index is 10.7. The van der Waals surface area contributed by atoms with E-state index in [2.05, 4.69) is 15.4 Å². The third-order valence-corrected chi connectivity index (χ3v) is 2.63. The number of carbonyl (C=O) groups is 1. The van der Waals surface area contributed by atoms with E-state index in [1.807, 2.05) is 6.07 Å². The van der Waals surface area contributed by atoms with Crippen molar-refractivity contribution in [2.24, 2.45) is 0 Å². The summed E-state index contributed by atoms with van der Waals surface area (Å²) in [7, 11) is 0. The van der Waals surface area contributed by atoms with E-state index < -0.39 is 5.97 Å². The molecule has 0 aliphatic rings. The summed E-state index contributed by atoms with van der Waals surface area (Å²) in [5.41, 5.74) is 0.840. The molecule has 7 heteroatoms. The van der Waals surface area contributed by atoms with Crippen LogP contribution in [0, 0.1) is 0 Å². The Balaban J connectivity index is 1.78. The van der Waals surface area contributed by atoms with E-state index >= 15 is 0 Å². The minimum atomic E-state index is -1.08. The molecule has 0 saturated heterocycles. The Kier molecular flexibility index (Phi) is 2.64. The minimum absolute atomic E-state index is 0.0766. The molecule has 3 aromatic rings. The molecule has 3 rings (SSSR count). The number of carboxylic acid groups (broad SMARTS) is 1. The molecule has 0 unspecified atom stereocenters. The summed E-state index contributed by atoms with van der Waals surface area (Å²) in [5, 5.41) is 15.9. The highest BCUT2D eigenvalue weighted by molar-refractivity contribution is 5.84. The number of furan rings is 1. The number of nitrogens with one attached hydrogen (secondary N) is 1. The Morgan fingerprint density at radius 2 is 2.26 bits per heavy atom. The largest absolute Gasteiger partial charge is 0.475 e. The van der Waals surface area contributed by atoms with Gasteiger partial charge in [0.15, 0.2) is 5.82 Å². The molecule has 19 heavy (non-hydrogen) atoms. The average Bonchev–Trinajstić information content (AvgIpc) is 3.05. The second-order valence-electron chi connectivity index (χ2n) is 3.86. The molecule has 0 aliphatic carbocycles. The van der Waals surface area contributed by atoms with Gasteiger partial charge >= 0.3 is 5.97 Å². The molecule has 0 atom stereocenters. The zero-order valence-electron chi connectivity index (χ0n) is 9.78. The van der Waals surface area contributed by atoms with E-state index in [0.717, 1.165) is 5.52 Å². The fourth-order valence-corrected chi connectivity index (χ4v) is 1.75. The number of fused-ring (bicyclic) bond motifs is 1. The van der Waals surface area contributed by atoms with Gasteiger partial charge < -0.3 is 14.8 Å². The Morgan fingerprint density at radius 1 is 1.37 bits per heavy atom.